The summed E-state index contributed by atoms with van der Waals surface area (Å²) in [5.41, 5.74) is 17.1. The van der Waals surface area contributed by atoms with Crippen molar-refractivity contribution in [2.45, 2.75) is 19.3 Å². The van der Waals surface area contributed by atoms with Crippen LogP contribution in [0.1, 0.15) is 30.5 Å². The number of fused-ring (bicyclic) bond motifs is 6. The van der Waals surface area contributed by atoms with Gasteiger partial charge in [0, 0.05) is 45.2 Å². The third-order valence-corrected chi connectivity index (χ3v) is 11.1. The van der Waals surface area contributed by atoms with E-state index in [4.69, 9.17) is 0 Å². The molecule has 8 aromatic rings. The van der Waals surface area contributed by atoms with E-state index in [-0.39, 0.29) is 5.41 Å². The van der Waals surface area contributed by atoms with Gasteiger partial charge in [0.25, 0.3) is 0 Å². The van der Waals surface area contributed by atoms with Gasteiger partial charge in [0.05, 0.1) is 17.6 Å². The van der Waals surface area contributed by atoms with Crippen LogP contribution in [-0.2, 0) is 5.41 Å². The minimum Gasteiger partial charge on any atom is -0.310 e. The van der Waals surface area contributed by atoms with Gasteiger partial charge in [0.15, 0.2) is 0 Å². The first-order valence-electron chi connectivity index (χ1n) is 18.1. The lowest BCUT2D eigenvalue weighted by molar-refractivity contribution is 0.660. The van der Waals surface area contributed by atoms with Gasteiger partial charge >= 0.3 is 0 Å². The molecule has 3 heteroatoms. The molecule has 7 aromatic carbocycles. The third kappa shape index (κ3) is 4.77. The van der Waals surface area contributed by atoms with Crippen molar-refractivity contribution in [3.8, 4) is 27.9 Å². The van der Waals surface area contributed by atoms with Crippen molar-refractivity contribution in [3.05, 3.63) is 187 Å². The highest BCUT2D eigenvalue weighted by Crippen LogP contribution is 2.50. The van der Waals surface area contributed by atoms with Gasteiger partial charge in [0.2, 0.25) is 0 Å². The number of aliphatic imine (C=N–C) groups is 1. The number of benzene rings is 7. The number of rotatable bonds is 6. The number of nitrogens with zero attached hydrogens (tertiary/aromatic N) is 3. The molecule has 0 bridgehead atoms. The first kappa shape index (κ1) is 30.4. The Balaban J connectivity index is 1.08. The molecule has 248 valence electrons. The van der Waals surface area contributed by atoms with Gasteiger partial charge in [-0.1, -0.05) is 111 Å². The summed E-state index contributed by atoms with van der Waals surface area (Å²) in [6.07, 6.45) is 4.04. The lowest BCUT2D eigenvalue weighted by atomic mass is 9.82. The average Bonchev–Trinajstić information content (AvgIpc) is 3.91. The standard InChI is InChI=1S/C49H37N3/c1-49(2)45-17-8-6-15-41(45)42-25-24-40(31-46(42)49)51(39-14-10-11-34(29-39)36-27-28-50-32-36)38-22-19-33(20-23-38)35-21-26-48-44(30-35)43-16-7-9-18-47(43)52(48)37-12-4-3-5-13-37/h3-31H,32H2,1-2H3. The SMILES string of the molecule is CC1(C)c2ccccc2-c2ccc(N(c3ccc(-c4ccc5c(c4)c4ccccc4n5-c4ccccc4)cc3)c3cccc(C4=CC=NC4)c3)cc21. The number of hydrogen-bond acceptors (Lipinski definition) is 2. The van der Waals surface area contributed by atoms with E-state index in [2.05, 4.69) is 198 Å². The maximum Gasteiger partial charge on any atom is 0.0646 e. The molecule has 0 saturated heterocycles. The van der Waals surface area contributed by atoms with E-state index in [1.54, 1.807) is 0 Å². The summed E-state index contributed by atoms with van der Waals surface area (Å²) in [5.74, 6) is 0. The topological polar surface area (TPSA) is 20.5 Å². The van der Waals surface area contributed by atoms with Crippen LogP contribution in [0.3, 0.4) is 0 Å². The molecule has 0 spiro atoms. The molecule has 2 heterocycles. The second kappa shape index (κ2) is 11.8. The van der Waals surface area contributed by atoms with Crippen LogP contribution < -0.4 is 4.90 Å². The summed E-state index contributed by atoms with van der Waals surface area (Å²) in [4.78, 5) is 6.87. The molecule has 2 aliphatic rings. The number of aromatic nitrogens is 1. The highest BCUT2D eigenvalue weighted by Gasteiger charge is 2.35. The van der Waals surface area contributed by atoms with Gasteiger partial charge in [-0.25, -0.2) is 0 Å². The molecule has 0 radical (unpaired) electrons. The second-order valence-electron chi connectivity index (χ2n) is 14.4. The van der Waals surface area contributed by atoms with Crippen molar-refractivity contribution < 1.29 is 0 Å². The zero-order valence-electron chi connectivity index (χ0n) is 29.3. The van der Waals surface area contributed by atoms with Crippen LogP contribution in [0.25, 0.3) is 55.3 Å². The Morgan fingerprint density at radius 2 is 1.23 bits per heavy atom. The Labute approximate surface area is 304 Å². The molecule has 0 amide bonds. The third-order valence-electron chi connectivity index (χ3n) is 11.1. The van der Waals surface area contributed by atoms with Crippen molar-refractivity contribution in [1.82, 2.24) is 4.57 Å². The zero-order valence-corrected chi connectivity index (χ0v) is 29.3. The van der Waals surface area contributed by atoms with Gasteiger partial charge in [-0.3, -0.25) is 4.99 Å². The van der Waals surface area contributed by atoms with Gasteiger partial charge in [-0.2, -0.15) is 0 Å². The highest BCUT2D eigenvalue weighted by molar-refractivity contribution is 6.10. The van der Waals surface area contributed by atoms with Crippen molar-refractivity contribution in [2.24, 2.45) is 4.99 Å². The largest absolute Gasteiger partial charge is 0.310 e. The van der Waals surface area contributed by atoms with Crippen molar-refractivity contribution >= 4 is 50.7 Å². The van der Waals surface area contributed by atoms with Crippen LogP contribution in [0.4, 0.5) is 17.1 Å². The number of hydrogen-bond donors (Lipinski definition) is 0. The molecule has 0 saturated carbocycles. The van der Waals surface area contributed by atoms with E-state index in [0.717, 1.165) is 23.6 Å². The van der Waals surface area contributed by atoms with Crippen LogP contribution in [0.15, 0.2) is 175 Å². The fourth-order valence-electron chi connectivity index (χ4n) is 8.47. The van der Waals surface area contributed by atoms with Crippen LogP contribution >= 0.6 is 0 Å². The maximum atomic E-state index is 4.47. The Morgan fingerprint density at radius 3 is 2.08 bits per heavy atom. The average molecular weight is 668 g/mol. The Bertz CT molecular complexity index is 2730. The molecule has 1 aliphatic carbocycles. The molecule has 0 fully saturated rings. The molecular weight excluding hydrogens is 631 g/mol. The maximum absolute atomic E-state index is 4.47. The molecule has 1 aromatic heterocycles. The van der Waals surface area contributed by atoms with E-state index >= 15 is 0 Å². The fraction of sp³-hybridized carbons (Fsp3) is 0.0816. The van der Waals surface area contributed by atoms with Gasteiger partial charge in [-0.05, 0) is 117 Å². The fourth-order valence-corrected chi connectivity index (χ4v) is 8.47. The highest BCUT2D eigenvalue weighted by atomic mass is 15.1. The van der Waals surface area contributed by atoms with Crippen molar-refractivity contribution in [3.63, 3.8) is 0 Å². The molecular formula is C49H37N3. The zero-order chi connectivity index (χ0) is 34.8. The lowest BCUT2D eigenvalue weighted by Gasteiger charge is -2.28. The quantitative estimate of drug-likeness (QED) is 0.173. The second-order valence-corrected chi connectivity index (χ2v) is 14.4. The van der Waals surface area contributed by atoms with Crippen molar-refractivity contribution in [1.29, 1.82) is 0 Å². The van der Waals surface area contributed by atoms with Gasteiger partial charge in [-0.15, -0.1) is 0 Å². The summed E-state index contributed by atoms with van der Waals surface area (Å²) in [6, 6.07) is 60.1. The number of allylic oxidation sites excluding steroid dienone is 1. The molecule has 0 N–H and O–H groups in total. The minimum atomic E-state index is -0.0897. The Kier molecular flexibility index (Phi) is 6.91. The monoisotopic (exact) mass is 667 g/mol. The van der Waals surface area contributed by atoms with E-state index in [1.807, 2.05) is 6.21 Å². The first-order chi connectivity index (χ1) is 25.5. The lowest BCUT2D eigenvalue weighted by Crippen LogP contribution is -2.16. The van der Waals surface area contributed by atoms with Gasteiger partial charge < -0.3 is 9.47 Å². The summed E-state index contributed by atoms with van der Waals surface area (Å²) in [7, 11) is 0. The summed E-state index contributed by atoms with van der Waals surface area (Å²) < 4.78 is 2.37. The predicted octanol–water partition coefficient (Wildman–Crippen LogP) is 12.7. The molecule has 3 nitrogen and oxygen atoms in total. The van der Waals surface area contributed by atoms with Crippen LogP contribution in [0.2, 0.25) is 0 Å². The molecule has 0 unspecified atom stereocenters. The molecule has 52 heavy (non-hydrogen) atoms. The van der Waals surface area contributed by atoms with Crippen molar-refractivity contribution in [2.75, 3.05) is 11.4 Å². The van der Waals surface area contributed by atoms with Crippen LogP contribution in [-0.4, -0.2) is 17.3 Å². The molecule has 1 aliphatic heterocycles. The van der Waals surface area contributed by atoms with E-state index in [9.17, 15) is 0 Å². The number of para-hydroxylation sites is 2. The van der Waals surface area contributed by atoms with E-state index in [1.165, 1.54) is 72.0 Å². The van der Waals surface area contributed by atoms with Crippen LogP contribution in [0.5, 0.6) is 0 Å². The minimum absolute atomic E-state index is 0.0897. The first-order valence-corrected chi connectivity index (χ1v) is 18.1. The molecule has 10 rings (SSSR count). The molecule has 0 atom stereocenters. The number of anilines is 3. The van der Waals surface area contributed by atoms with E-state index < -0.39 is 0 Å². The smallest absolute Gasteiger partial charge is 0.0646 e. The summed E-state index contributed by atoms with van der Waals surface area (Å²) in [6.45, 7) is 5.42. The Morgan fingerprint density at radius 1 is 0.519 bits per heavy atom. The normalized spacial score (nSPS) is 14.1. The Hall–Kier alpha value is -6.45. The van der Waals surface area contributed by atoms with E-state index in [0.29, 0.717) is 0 Å². The summed E-state index contributed by atoms with van der Waals surface area (Å²) >= 11 is 0. The predicted molar refractivity (Wildman–Crippen MR) is 220 cm³/mol. The summed E-state index contributed by atoms with van der Waals surface area (Å²) in [5, 5.41) is 2.52. The van der Waals surface area contributed by atoms with Gasteiger partial charge in [0.1, 0.15) is 0 Å². The van der Waals surface area contributed by atoms with Crippen LogP contribution in [0, 0.1) is 0 Å².